The Hall–Kier alpha value is -1.36. The van der Waals surface area contributed by atoms with Crippen LogP contribution in [0.3, 0.4) is 0 Å². The molecule has 0 aliphatic heterocycles. The maximum atomic E-state index is 5.17. The van der Waals surface area contributed by atoms with E-state index in [0.717, 1.165) is 5.56 Å². The summed E-state index contributed by atoms with van der Waals surface area (Å²) >= 11 is 4.78. The van der Waals surface area contributed by atoms with Crippen molar-refractivity contribution in [2.45, 2.75) is 6.92 Å². The van der Waals surface area contributed by atoms with Crippen LogP contribution in [0.4, 0.5) is 0 Å². The van der Waals surface area contributed by atoms with Crippen LogP contribution < -0.4 is 0 Å². The molecule has 0 fully saturated rings. The first kappa shape index (κ1) is 7.30. The zero-order valence-electron chi connectivity index (χ0n) is 6.33. The Labute approximate surface area is 73.2 Å². The van der Waals surface area contributed by atoms with E-state index in [1.807, 2.05) is 6.92 Å². The van der Waals surface area contributed by atoms with Crippen molar-refractivity contribution < 1.29 is 8.94 Å². The van der Waals surface area contributed by atoms with Crippen molar-refractivity contribution in [2.75, 3.05) is 0 Å². The minimum Gasteiger partial charge on any atom is -0.429 e. The molecule has 0 saturated carbocycles. The fraction of sp³-hybridized carbons (Fsp3) is 0.143. The van der Waals surface area contributed by atoms with Crippen LogP contribution >= 0.6 is 12.2 Å². The monoisotopic (exact) mass is 182 g/mol. The molecule has 0 aliphatic rings. The van der Waals surface area contributed by atoms with Gasteiger partial charge in [-0.1, -0.05) is 5.16 Å². The molecule has 4 nitrogen and oxygen atoms in total. The second-order valence-corrected chi connectivity index (χ2v) is 2.71. The quantitative estimate of drug-likeness (QED) is 0.687. The Morgan fingerprint density at radius 3 is 2.92 bits per heavy atom. The lowest BCUT2D eigenvalue weighted by Crippen LogP contribution is -1.70. The van der Waals surface area contributed by atoms with Gasteiger partial charge in [0.2, 0.25) is 0 Å². The molecule has 0 aliphatic carbocycles. The van der Waals surface area contributed by atoms with Gasteiger partial charge in [-0.25, -0.2) is 0 Å². The first-order chi connectivity index (χ1) is 5.77. The molecule has 0 unspecified atom stereocenters. The maximum absolute atomic E-state index is 5.17. The largest absolute Gasteiger partial charge is 0.429 e. The summed E-state index contributed by atoms with van der Waals surface area (Å²) in [5.74, 6) is 1.37. The molecular weight excluding hydrogens is 176 g/mol. The number of nitrogens with one attached hydrogen (secondary N) is 1. The van der Waals surface area contributed by atoms with E-state index in [2.05, 4.69) is 10.1 Å². The van der Waals surface area contributed by atoms with E-state index >= 15 is 0 Å². The molecule has 0 spiro atoms. The highest BCUT2D eigenvalue weighted by Gasteiger charge is 2.08. The van der Waals surface area contributed by atoms with Crippen molar-refractivity contribution in [3.05, 3.63) is 23.0 Å². The average Bonchev–Trinajstić information content (AvgIpc) is 2.58. The molecule has 2 aromatic rings. The Balaban J connectivity index is 2.57. The Morgan fingerprint density at radius 2 is 2.42 bits per heavy atom. The number of aromatic nitrogens is 2. The Morgan fingerprint density at radius 1 is 1.58 bits per heavy atom. The van der Waals surface area contributed by atoms with Crippen molar-refractivity contribution in [2.24, 2.45) is 0 Å². The molecule has 0 aromatic carbocycles. The smallest absolute Gasteiger partial charge is 0.266 e. The van der Waals surface area contributed by atoms with Crippen LogP contribution in [-0.4, -0.2) is 10.1 Å². The van der Waals surface area contributed by atoms with Crippen LogP contribution in [-0.2, 0) is 0 Å². The number of nitrogens with zero attached hydrogens (tertiary/aromatic N) is 1. The molecule has 5 heteroatoms. The zero-order valence-corrected chi connectivity index (χ0v) is 7.14. The molecule has 0 saturated heterocycles. The summed E-state index contributed by atoms with van der Waals surface area (Å²) in [6.07, 6.45) is 3.28. The van der Waals surface area contributed by atoms with Gasteiger partial charge in [0.15, 0.2) is 5.76 Å². The molecule has 0 radical (unpaired) electrons. The lowest BCUT2D eigenvalue weighted by atomic mass is 10.2. The normalized spacial score (nSPS) is 10.4. The molecule has 0 bridgehead atoms. The minimum absolute atomic E-state index is 0.352. The van der Waals surface area contributed by atoms with Gasteiger partial charge in [-0.05, 0) is 19.1 Å². The SMILES string of the molecule is Cc1oncc1-c1c[nH]c(=S)o1. The molecule has 1 N–H and O–H groups in total. The third-order valence-corrected chi connectivity index (χ3v) is 1.74. The maximum Gasteiger partial charge on any atom is 0.266 e. The van der Waals surface area contributed by atoms with Gasteiger partial charge < -0.3 is 13.9 Å². The van der Waals surface area contributed by atoms with E-state index in [1.165, 1.54) is 0 Å². The summed E-state index contributed by atoms with van der Waals surface area (Å²) in [5.41, 5.74) is 0.822. The number of hydrogen-bond donors (Lipinski definition) is 1. The number of H-pyrrole nitrogens is 1. The number of oxazole rings is 1. The molecule has 2 rings (SSSR count). The van der Waals surface area contributed by atoms with Crippen molar-refractivity contribution in [3.8, 4) is 11.3 Å². The highest BCUT2D eigenvalue weighted by molar-refractivity contribution is 7.71. The van der Waals surface area contributed by atoms with Crippen LogP contribution in [0.2, 0.25) is 0 Å². The van der Waals surface area contributed by atoms with Gasteiger partial charge in [-0.3, -0.25) is 0 Å². The lowest BCUT2D eigenvalue weighted by molar-refractivity contribution is 0.397. The summed E-state index contributed by atoms with van der Waals surface area (Å²) in [6.45, 7) is 1.81. The Kier molecular flexibility index (Phi) is 1.58. The molecule has 62 valence electrons. The molecule has 0 atom stereocenters. The van der Waals surface area contributed by atoms with Crippen LogP contribution in [0, 0.1) is 11.8 Å². The molecule has 0 amide bonds. The highest BCUT2D eigenvalue weighted by Crippen LogP contribution is 2.21. The van der Waals surface area contributed by atoms with Gasteiger partial charge in [-0.15, -0.1) is 0 Å². The first-order valence-electron chi connectivity index (χ1n) is 3.37. The Bertz CT molecular complexity index is 440. The fourth-order valence-corrected chi connectivity index (χ4v) is 1.10. The van der Waals surface area contributed by atoms with Crippen molar-refractivity contribution in [1.82, 2.24) is 10.1 Å². The van der Waals surface area contributed by atoms with E-state index < -0.39 is 0 Å². The van der Waals surface area contributed by atoms with E-state index in [-0.39, 0.29) is 0 Å². The van der Waals surface area contributed by atoms with Gasteiger partial charge in [0.25, 0.3) is 4.84 Å². The second-order valence-electron chi connectivity index (χ2n) is 2.34. The second kappa shape index (κ2) is 2.60. The number of aryl methyl sites for hydroxylation is 1. The first-order valence-corrected chi connectivity index (χ1v) is 3.78. The van der Waals surface area contributed by atoms with Crippen LogP contribution in [0.15, 0.2) is 21.3 Å². The molecule has 2 aromatic heterocycles. The van der Waals surface area contributed by atoms with Gasteiger partial charge in [0.1, 0.15) is 5.76 Å². The van der Waals surface area contributed by atoms with Gasteiger partial charge in [0.05, 0.1) is 11.8 Å². The van der Waals surface area contributed by atoms with E-state index in [9.17, 15) is 0 Å². The number of rotatable bonds is 1. The van der Waals surface area contributed by atoms with E-state index in [0.29, 0.717) is 16.4 Å². The molecule has 2 heterocycles. The third kappa shape index (κ3) is 1.08. The van der Waals surface area contributed by atoms with Crippen LogP contribution in [0.1, 0.15) is 5.76 Å². The predicted molar refractivity (Wildman–Crippen MR) is 44.1 cm³/mol. The summed E-state index contributed by atoms with van der Waals surface area (Å²) in [5, 5.41) is 3.62. The van der Waals surface area contributed by atoms with Crippen molar-refractivity contribution >= 4 is 12.2 Å². The van der Waals surface area contributed by atoms with Crippen LogP contribution in [0.25, 0.3) is 11.3 Å². The van der Waals surface area contributed by atoms with Crippen molar-refractivity contribution in [3.63, 3.8) is 0 Å². The van der Waals surface area contributed by atoms with Crippen LogP contribution in [0.5, 0.6) is 0 Å². The zero-order chi connectivity index (χ0) is 8.55. The predicted octanol–water partition coefficient (Wildman–Crippen LogP) is 2.30. The van der Waals surface area contributed by atoms with E-state index in [1.54, 1.807) is 12.4 Å². The number of aromatic amines is 1. The fourth-order valence-electron chi connectivity index (χ4n) is 0.951. The summed E-state index contributed by atoms with van der Waals surface area (Å²) in [6, 6.07) is 0. The standard InChI is InChI=1S/C7H6N2O2S/c1-4-5(2-9-11-4)6-3-8-7(12)10-6/h2-3H,1H3,(H,8,12). The molecular formula is C7H6N2O2S. The summed E-state index contributed by atoms with van der Waals surface area (Å²) in [4.78, 5) is 3.12. The minimum atomic E-state index is 0.352. The lowest BCUT2D eigenvalue weighted by Gasteiger charge is -1.86. The van der Waals surface area contributed by atoms with Gasteiger partial charge >= 0.3 is 0 Å². The molecule has 12 heavy (non-hydrogen) atoms. The third-order valence-electron chi connectivity index (χ3n) is 1.54. The summed E-state index contributed by atoms with van der Waals surface area (Å²) in [7, 11) is 0. The summed E-state index contributed by atoms with van der Waals surface area (Å²) < 4.78 is 10.0. The topological polar surface area (TPSA) is 55.0 Å². The van der Waals surface area contributed by atoms with E-state index in [4.69, 9.17) is 21.2 Å². The highest BCUT2D eigenvalue weighted by atomic mass is 32.1. The average molecular weight is 182 g/mol. The van der Waals surface area contributed by atoms with Crippen molar-refractivity contribution in [1.29, 1.82) is 0 Å². The van der Waals surface area contributed by atoms with Gasteiger partial charge in [0, 0.05) is 6.20 Å². The van der Waals surface area contributed by atoms with Gasteiger partial charge in [-0.2, -0.15) is 0 Å². The number of hydrogen-bond acceptors (Lipinski definition) is 4.